The van der Waals surface area contributed by atoms with Crippen LogP contribution in [0.25, 0.3) is 0 Å². The van der Waals surface area contributed by atoms with Gasteiger partial charge in [-0.25, -0.2) is 16.8 Å². The van der Waals surface area contributed by atoms with Crippen molar-refractivity contribution in [2.24, 2.45) is 0 Å². The Hall–Kier alpha value is -2.43. The van der Waals surface area contributed by atoms with E-state index in [0.29, 0.717) is 24.5 Å². The van der Waals surface area contributed by atoms with Crippen molar-refractivity contribution < 1.29 is 21.6 Å². The van der Waals surface area contributed by atoms with Crippen LogP contribution < -0.4 is 9.62 Å². The van der Waals surface area contributed by atoms with Crippen LogP contribution in [-0.4, -0.2) is 52.4 Å². The second kappa shape index (κ2) is 10.2. The summed E-state index contributed by atoms with van der Waals surface area (Å²) in [4.78, 5) is 13.0. The molecule has 1 aliphatic heterocycles. The van der Waals surface area contributed by atoms with E-state index >= 15 is 0 Å². The Kier molecular flexibility index (Phi) is 7.81. The predicted octanol–water partition coefficient (Wildman–Crippen LogP) is 3.35. The minimum Gasteiger partial charge on any atom is -0.324 e. The van der Waals surface area contributed by atoms with Gasteiger partial charge in [0.15, 0.2) is 0 Å². The Balaban J connectivity index is 1.75. The van der Waals surface area contributed by atoms with E-state index < -0.39 is 32.0 Å². The molecule has 0 unspecified atom stereocenters. The van der Waals surface area contributed by atoms with Gasteiger partial charge in [-0.15, -0.1) is 0 Å². The van der Waals surface area contributed by atoms with Gasteiger partial charge in [0.25, 0.3) is 0 Å². The number of rotatable bonds is 7. The molecule has 1 atom stereocenters. The molecular weight excluding hydrogens is 462 g/mol. The van der Waals surface area contributed by atoms with E-state index in [0.717, 1.165) is 41.8 Å². The molecule has 2 aromatic rings. The van der Waals surface area contributed by atoms with E-state index in [9.17, 15) is 21.6 Å². The lowest BCUT2D eigenvalue weighted by atomic mass is 10.2. The molecule has 3 rings (SSSR count). The summed E-state index contributed by atoms with van der Waals surface area (Å²) < 4.78 is 53.3. The normalized spacial score (nSPS) is 16.6. The van der Waals surface area contributed by atoms with Crippen LogP contribution in [0.15, 0.2) is 53.4 Å². The first-order valence-corrected chi connectivity index (χ1v) is 14.3. The summed E-state index contributed by atoms with van der Waals surface area (Å²) in [6, 6.07) is 11.8. The Labute approximate surface area is 196 Å². The van der Waals surface area contributed by atoms with E-state index in [-0.39, 0.29) is 4.90 Å². The Morgan fingerprint density at radius 2 is 1.45 bits per heavy atom. The summed E-state index contributed by atoms with van der Waals surface area (Å²) in [6.45, 7) is 4.42. The first-order chi connectivity index (χ1) is 15.5. The van der Waals surface area contributed by atoms with Gasteiger partial charge in [-0.3, -0.25) is 9.10 Å². The van der Waals surface area contributed by atoms with Gasteiger partial charge in [-0.1, -0.05) is 30.5 Å². The number of sulfonamides is 2. The van der Waals surface area contributed by atoms with Crippen LogP contribution in [0, 0.1) is 6.92 Å². The van der Waals surface area contributed by atoms with E-state index in [1.807, 2.05) is 6.92 Å². The molecule has 2 aromatic carbocycles. The second-order valence-corrected chi connectivity index (χ2v) is 12.2. The van der Waals surface area contributed by atoms with Crippen molar-refractivity contribution in [1.29, 1.82) is 0 Å². The summed E-state index contributed by atoms with van der Waals surface area (Å²) in [5, 5.41) is 2.69. The number of amides is 1. The van der Waals surface area contributed by atoms with Crippen LogP contribution in [0.3, 0.4) is 0 Å². The van der Waals surface area contributed by atoms with Crippen LogP contribution >= 0.6 is 0 Å². The van der Waals surface area contributed by atoms with E-state index in [4.69, 9.17) is 0 Å². The largest absolute Gasteiger partial charge is 0.324 e. The lowest BCUT2D eigenvalue weighted by molar-refractivity contribution is -0.116. The van der Waals surface area contributed by atoms with Gasteiger partial charge >= 0.3 is 0 Å². The highest BCUT2D eigenvalue weighted by molar-refractivity contribution is 7.92. The molecule has 1 aliphatic rings. The minimum atomic E-state index is -3.72. The SMILES string of the molecule is Cc1ccc(N([C@@H](C)C(=O)Nc2ccc(S(=O)(=O)N3CCCCCC3)cc2)S(C)(=O)=O)cc1. The average Bonchev–Trinajstić information content (AvgIpc) is 3.05. The zero-order valence-electron chi connectivity index (χ0n) is 19.2. The number of hydrogen-bond acceptors (Lipinski definition) is 5. The maximum atomic E-state index is 12.9. The summed E-state index contributed by atoms with van der Waals surface area (Å²) in [7, 11) is -7.31. The summed E-state index contributed by atoms with van der Waals surface area (Å²) in [5.41, 5.74) is 1.75. The molecular formula is C23H31N3O5S2. The van der Waals surface area contributed by atoms with Gasteiger partial charge in [-0.2, -0.15) is 4.31 Å². The molecule has 1 saturated heterocycles. The summed E-state index contributed by atoms with van der Waals surface area (Å²) >= 11 is 0. The highest BCUT2D eigenvalue weighted by atomic mass is 32.2. The van der Waals surface area contributed by atoms with Crippen molar-refractivity contribution >= 4 is 37.3 Å². The molecule has 1 amide bonds. The van der Waals surface area contributed by atoms with Crippen molar-refractivity contribution in [3.8, 4) is 0 Å². The molecule has 10 heteroatoms. The quantitative estimate of drug-likeness (QED) is 0.637. The Bertz CT molecular complexity index is 1170. The fraction of sp³-hybridized carbons (Fsp3) is 0.435. The molecule has 1 heterocycles. The van der Waals surface area contributed by atoms with Gasteiger partial charge < -0.3 is 5.32 Å². The molecule has 1 N–H and O–H groups in total. The fourth-order valence-corrected chi connectivity index (χ4v) is 6.58. The van der Waals surface area contributed by atoms with Crippen molar-refractivity contribution in [2.75, 3.05) is 29.0 Å². The Morgan fingerprint density at radius 1 is 0.909 bits per heavy atom. The zero-order chi connectivity index (χ0) is 24.2. The highest BCUT2D eigenvalue weighted by Gasteiger charge is 2.29. The third-order valence-corrected chi connectivity index (χ3v) is 8.86. The van der Waals surface area contributed by atoms with Crippen LogP contribution in [0.1, 0.15) is 38.2 Å². The van der Waals surface area contributed by atoms with Gasteiger partial charge in [0.05, 0.1) is 16.8 Å². The monoisotopic (exact) mass is 493 g/mol. The van der Waals surface area contributed by atoms with Crippen molar-refractivity contribution in [2.45, 2.75) is 50.5 Å². The summed E-state index contributed by atoms with van der Waals surface area (Å²) in [6.07, 6.45) is 4.82. The van der Waals surface area contributed by atoms with E-state index in [1.54, 1.807) is 24.3 Å². The smallest absolute Gasteiger partial charge is 0.247 e. The minimum absolute atomic E-state index is 0.174. The van der Waals surface area contributed by atoms with Gasteiger partial charge in [0, 0.05) is 18.8 Å². The second-order valence-electron chi connectivity index (χ2n) is 8.40. The van der Waals surface area contributed by atoms with Gasteiger partial charge in [0.1, 0.15) is 6.04 Å². The molecule has 0 aromatic heterocycles. The molecule has 0 saturated carbocycles. The molecule has 33 heavy (non-hydrogen) atoms. The third kappa shape index (κ3) is 6.13. The molecule has 8 nitrogen and oxygen atoms in total. The Morgan fingerprint density at radius 3 is 1.97 bits per heavy atom. The molecule has 1 fully saturated rings. The number of carbonyl (C=O) groups excluding carboxylic acids is 1. The van der Waals surface area contributed by atoms with Crippen LogP contribution in [0.5, 0.6) is 0 Å². The topological polar surface area (TPSA) is 104 Å². The number of hydrogen-bond donors (Lipinski definition) is 1. The van der Waals surface area contributed by atoms with Crippen LogP contribution in [0.2, 0.25) is 0 Å². The van der Waals surface area contributed by atoms with Gasteiger partial charge in [0.2, 0.25) is 26.0 Å². The maximum Gasteiger partial charge on any atom is 0.247 e. The molecule has 0 spiro atoms. The zero-order valence-corrected chi connectivity index (χ0v) is 20.8. The first-order valence-electron chi connectivity index (χ1n) is 11.0. The van der Waals surface area contributed by atoms with Crippen LogP contribution in [0.4, 0.5) is 11.4 Å². The number of carbonyl (C=O) groups is 1. The lowest BCUT2D eigenvalue weighted by Crippen LogP contribution is -2.45. The number of benzene rings is 2. The molecule has 0 aliphatic carbocycles. The lowest BCUT2D eigenvalue weighted by Gasteiger charge is -2.28. The van der Waals surface area contributed by atoms with Crippen molar-refractivity contribution in [3.63, 3.8) is 0 Å². The highest BCUT2D eigenvalue weighted by Crippen LogP contribution is 2.24. The first kappa shape index (κ1) is 25.2. The molecule has 0 bridgehead atoms. The fourth-order valence-electron chi connectivity index (χ4n) is 3.89. The predicted molar refractivity (Wildman–Crippen MR) is 130 cm³/mol. The van der Waals surface area contributed by atoms with Crippen LogP contribution in [-0.2, 0) is 24.8 Å². The molecule has 180 valence electrons. The van der Waals surface area contributed by atoms with E-state index in [2.05, 4.69) is 5.32 Å². The number of nitrogens with one attached hydrogen (secondary N) is 1. The maximum absolute atomic E-state index is 12.9. The number of anilines is 2. The standard InChI is InChI=1S/C23H31N3O5S2/c1-18-8-12-21(13-9-18)26(32(3,28)29)19(2)23(27)24-20-10-14-22(15-11-20)33(30,31)25-16-6-4-5-7-17-25/h8-15,19H,4-7,16-17H2,1-3H3,(H,24,27)/t19-/m0/s1. The number of aryl methyl sites for hydroxylation is 1. The third-order valence-electron chi connectivity index (χ3n) is 5.70. The van der Waals surface area contributed by atoms with Crippen molar-refractivity contribution in [3.05, 3.63) is 54.1 Å². The average molecular weight is 494 g/mol. The summed E-state index contributed by atoms with van der Waals surface area (Å²) in [5.74, 6) is -0.524. The van der Waals surface area contributed by atoms with Gasteiger partial charge in [-0.05, 0) is 63.1 Å². The molecule has 0 radical (unpaired) electrons. The number of nitrogens with zero attached hydrogens (tertiary/aromatic N) is 2. The van der Waals surface area contributed by atoms with Crippen molar-refractivity contribution in [1.82, 2.24) is 4.31 Å². The van der Waals surface area contributed by atoms with E-state index in [1.165, 1.54) is 35.5 Å².